The third-order valence-electron chi connectivity index (χ3n) is 1.97. The van der Waals surface area contributed by atoms with Crippen molar-refractivity contribution in [2.75, 3.05) is 7.05 Å². The average molecular weight is 233 g/mol. The summed E-state index contributed by atoms with van der Waals surface area (Å²) in [6, 6.07) is 9.80. The van der Waals surface area contributed by atoms with E-state index in [1.54, 1.807) is 13.2 Å². The van der Waals surface area contributed by atoms with Crippen LogP contribution < -0.4 is 0 Å². The van der Waals surface area contributed by atoms with Crippen molar-refractivity contribution >= 4 is 12.2 Å². The highest BCUT2D eigenvalue weighted by atomic mass is 16.6. The van der Waals surface area contributed by atoms with Crippen molar-refractivity contribution in [1.82, 2.24) is 4.90 Å². The van der Waals surface area contributed by atoms with E-state index in [1.807, 2.05) is 57.2 Å². The van der Waals surface area contributed by atoms with Crippen molar-refractivity contribution in [3.8, 4) is 0 Å². The number of hydrogen-bond acceptors (Lipinski definition) is 2. The summed E-state index contributed by atoms with van der Waals surface area (Å²) in [4.78, 5) is 13.1. The lowest BCUT2D eigenvalue weighted by atomic mass is 10.2. The second-order valence-electron chi connectivity index (χ2n) is 4.82. The van der Waals surface area contributed by atoms with Gasteiger partial charge in [-0.2, -0.15) is 0 Å². The fourth-order valence-corrected chi connectivity index (χ4v) is 1.16. The van der Waals surface area contributed by atoms with Crippen LogP contribution in [0.25, 0.3) is 6.08 Å². The normalized spacial score (nSPS) is 11.5. The van der Waals surface area contributed by atoms with Crippen LogP contribution in [0.5, 0.6) is 0 Å². The minimum absolute atomic E-state index is 0.357. The number of ether oxygens (including phenoxy) is 1. The summed E-state index contributed by atoms with van der Waals surface area (Å²) >= 11 is 0. The van der Waals surface area contributed by atoms with Gasteiger partial charge >= 0.3 is 6.09 Å². The van der Waals surface area contributed by atoms with Crippen molar-refractivity contribution < 1.29 is 9.53 Å². The molecule has 0 aliphatic rings. The molecule has 0 radical (unpaired) electrons. The summed E-state index contributed by atoms with van der Waals surface area (Å²) in [5.41, 5.74) is 0.578. The van der Waals surface area contributed by atoms with Crippen molar-refractivity contribution in [1.29, 1.82) is 0 Å². The predicted octanol–water partition coefficient (Wildman–Crippen LogP) is 3.52. The summed E-state index contributed by atoms with van der Waals surface area (Å²) in [7, 11) is 1.67. The third kappa shape index (κ3) is 5.20. The van der Waals surface area contributed by atoms with Crippen LogP contribution in [-0.4, -0.2) is 23.6 Å². The van der Waals surface area contributed by atoms with Gasteiger partial charge in [-0.05, 0) is 32.4 Å². The Kier molecular flexibility index (Phi) is 4.32. The molecule has 0 unspecified atom stereocenters. The summed E-state index contributed by atoms with van der Waals surface area (Å²) in [6.45, 7) is 5.54. The van der Waals surface area contributed by atoms with Gasteiger partial charge in [0.25, 0.3) is 0 Å². The van der Waals surface area contributed by atoms with Crippen molar-refractivity contribution in [2.24, 2.45) is 0 Å². The highest BCUT2D eigenvalue weighted by Gasteiger charge is 2.17. The quantitative estimate of drug-likeness (QED) is 0.782. The standard InChI is InChI=1S/C14H19NO2/c1-14(2,3)17-13(16)15(4)11-10-12-8-6-5-7-9-12/h5-11H,1-4H3. The molecule has 1 amide bonds. The smallest absolute Gasteiger partial charge is 0.414 e. The monoisotopic (exact) mass is 233 g/mol. The zero-order valence-corrected chi connectivity index (χ0v) is 10.8. The maximum atomic E-state index is 11.6. The molecular formula is C14H19NO2. The Morgan fingerprint density at radius 3 is 2.35 bits per heavy atom. The number of rotatable bonds is 2. The molecule has 3 nitrogen and oxygen atoms in total. The van der Waals surface area contributed by atoms with Gasteiger partial charge in [0.2, 0.25) is 0 Å². The lowest BCUT2D eigenvalue weighted by Gasteiger charge is -2.22. The fourth-order valence-electron chi connectivity index (χ4n) is 1.16. The number of amides is 1. The van der Waals surface area contributed by atoms with Crippen LogP contribution >= 0.6 is 0 Å². The van der Waals surface area contributed by atoms with E-state index in [2.05, 4.69) is 0 Å². The number of benzene rings is 1. The van der Waals surface area contributed by atoms with E-state index >= 15 is 0 Å². The molecule has 0 spiro atoms. The number of carbonyl (C=O) groups is 1. The Balaban J connectivity index is 2.58. The lowest BCUT2D eigenvalue weighted by Crippen LogP contribution is -2.31. The van der Waals surface area contributed by atoms with Gasteiger partial charge in [0.15, 0.2) is 0 Å². The minimum Gasteiger partial charge on any atom is -0.443 e. The van der Waals surface area contributed by atoms with E-state index in [1.165, 1.54) is 4.90 Å². The van der Waals surface area contributed by atoms with Gasteiger partial charge in [-0.15, -0.1) is 0 Å². The number of hydrogen-bond donors (Lipinski definition) is 0. The van der Waals surface area contributed by atoms with Crippen LogP contribution in [0.2, 0.25) is 0 Å². The molecule has 3 heteroatoms. The highest BCUT2D eigenvalue weighted by molar-refractivity contribution is 5.70. The molecule has 92 valence electrons. The average Bonchev–Trinajstić information content (AvgIpc) is 2.25. The summed E-state index contributed by atoms with van der Waals surface area (Å²) in [6.07, 6.45) is 3.21. The molecule has 17 heavy (non-hydrogen) atoms. The molecule has 0 aromatic heterocycles. The third-order valence-corrected chi connectivity index (χ3v) is 1.97. The molecule has 0 atom stereocenters. The zero-order valence-electron chi connectivity index (χ0n) is 10.8. The Hall–Kier alpha value is -1.77. The molecule has 1 rings (SSSR count). The zero-order chi connectivity index (χ0) is 12.9. The van der Waals surface area contributed by atoms with Crippen LogP contribution in [0.4, 0.5) is 4.79 Å². The first-order chi connectivity index (χ1) is 7.88. The number of nitrogens with zero attached hydrogens (tertiary/aromatic N) is 1. The Labute approximate surface area is 103 Å². The van der Waals surface area contributed by atoms with Gasteiger partial charge in [0, 0.05) is 13.2 Å². The van der Waals surface area contributed by atoms with Crippen molar-refractivity contribution in [3.63, 3.8) is 0 Å². The van der Waals surface area contributed by atoms with Crippen LogP contribution in [0, 0.1) is 0 Å². The SMILES string of the molecule is CN(C=Cc1ccccc1)C(=O)OC(C)(C)C. The van der Waals surface area contributed by atoms with Gasteiger partial charge < -0.3 is 4.74 Å². The van der Waals surface area contributed by atoms with E-state index in [-0.39, 0.29) is 6.09 Å². The van der Waals surface area contributed by atoms with E-state index in [0.717, 1.165) is 5.56 Å². The summed E-state index contributed by atoms with van der Waals surface area (Å²) in [5.74, 6) is 0. The maximum absolute atomic E-state index is 11.6. The van der Waals surface area contributed by atoms with Crippen molar-refractivity contribution in [2.45, 2.75) is 26.4 Å². The highest BCUT2D eigenvalue weighted by Crippen LogP contribution is 2.10. The van der Waals surface area contributed by atoms with E-state index in [4.69, 9.17) is 4.74 Å². The molecule has 0 heterocycles. The Morgan fingerprint density at radius 2 is 1.82 bits per heavy atom. The molecule has 0 bridgehead atoms. The number of carbonyl (C=O) groups excluding carboxylic acids is 1. The molecule has 0 aliphatic carbocycles. The molecule has 0 aliphatic heterocycles. The van der Waals surface area contributed by atoms with Gasteiger partial charge in [-0.1, -0.05) is 30.3 Å². The molecule has 0 saturated carbocycles. The first-order valence-corrected chi connectivity index (χ1v) is 5.57. The maximum Gasteiger partial charge on any atom is 0.414 e. The Morgan fingerprint density at radius 1 is 1.24 bits per heavy atom. The second-order valence-corrected chi connectivity index (χ2v) is 4.82. The van der Waals surface area contributed by atoms with E-state index in [0.29, 0.717) is 0 Å². The Bertz CT molecular complexity index is 390. The molecular weight excluding hydrogens is 214 g/mol. The first kappa shape index (κ1) is 13.3. The molecule has 0 saturated heterocycles. The molecule has 0 N–H and O–H groups in total. The molecule has 1 aromatic rings. The van der Waals surface area contributed by atoms with Gasteiger partial charge in [0.1, 0.15) is 5.60 Å². The molecule has 1 aromatic carbocycles. The topological polar surface area (TPSA) is 29.5 Å². The lowest BCUT2D eigenvalue weighted by molar-refractivity contribution is 0.0373. The van der Waals surface area contributed by atoms with E-state index in [9.17, 15) is 4.79 Å². The van der Waals surface area contributed by atoms with Gasteiger partial charge in [-0.3, -0.25) is 4.90 Å². The summed E-state index contributed by atoms with van der Waals surface area (Å²) < 4.78 is 5.22. The first-order valence-electron chi connectivity index (χ1n) is 5.57. The van der Waals surface area contributed by atoms with Crippen LogP contribution in [-0.2, 0) is 4.74 Å². The van der Waals surface area contributed by atoms with Crippen LogP contribution in [0.1, 0.15) is 26.3 Å². The second kappa shape index (κ2) is 5.53. The van der Waals surface area contributed by atoms with Crippen molar-refractivity contribution in [3.05, 3.63) is 42.1 Å². The van der Waals surface area contributed by atoms with Crippen LogP contribution in [0.3, 0.4) is 0 Å². The largest absolute Gasteiger partial charge is 0.443 e. The van der Waals surface area contributed by atoms with Gasteiger partial charge in [0.05, 0.1) is 0 Å². The minimum atomic E-state index is -0.466. The molecule has 0 fully saturated rings. The van der Waals surface area contributed by atoms with Gasteiger partial charge in [-0.25, -0.2) is 4.79 Å². The van der Waals surface area contributed by atoms with E-state index < -0.39 is 5.60 Å². The predicted molar refractivity (Wildman–Crippen MR) is 69.5 cm³/mol. The van der Waals surface area contributed by atoms with Crippen LogP contribution in [0.15, 0.2) is 36.5 Å². The fraction of sp³-hybridized carbons (Fsp3) is 0.357. The summed E-state index contributed by atoms with van der Waals surface area (Å²) in [5, 5.41) is 0.